The zero-order valence-electron chi connectivity index (χ0n) is 34.3. The topological polar surface area (TPSA) is 188 Å². The number of allylic oxidation sites excluding steroid dienone is 1. The van der Waals surface area contributed by atoms with Gasteiger partial charge in [0.1, 0.15) is 30.3 Å². The Balaban J connectivity index is 1.07. The van der Waals surface area contributed by atoms with Gasteiger partial charge in [0.2, 0.25) is 27.7 Å². The summed E-state index contributed by atoms with van der Waals surface area (Å²) in [4.78, 5) is 67.0. The summed E-state index contributed by atoms with van der Waals surface area (Å²) in [5.74, 6) is -0.628. The van der Waals surface area contributed by atoms with E-state index in [1.807, 2.05) is 44.3 Å². The quantitative estimate of drug-likeness (QED) is 0.335. The molecular formula is C43H56N6O9S. The Bertz CT molecular complexity index is 2200. The van der Waals surface area contributed by atoms with Crippen LogP contribution in [0.15, 0.2) is 36.5 Å². The number of benzene rings is 1. The highest BCUT2D eigenvalue weighted by Crippen LogP contribution is 2.54. The average molecular weight is 833 g/mol. The van der Waals surface area contributed by atoms with E-state index in [-0.39, 0.29) is 37.3 Å². The Kier molecular flexibility index (Phi) is 9.82. The fourth-order valence-electron chi connectivity index (χ4n) is 10.5. The van der Waals surface area contributed by atoms with E-state index in [0.717, 1.165) is 36.2 Å². The van der Waals surface area contributed by atoms with Gasteiger partial charge >= 0.3 is 6.09 Å². The van der Waals surface area contributed by atoms with Crippen molar-refractivity contribution in [2.45, 2.75) is 119 Å². The van der Waals surface area contributed by atoms with Crippen molar-refractivity contribution in [3.8, 4) is 11.6 Å². The molecule has 1 aromatic heterocycles. The van der Waals surface area contributed by atoms with Gasteiger partial charge in [-0.25, -0.2) is 18.2 Å². The van der Waals surface area contributed by atoms with Gasteiger partial charge in [0.15, 0.2) is 5.75 Å². The Morgan fingerprint density at radius 1 is 1.07 bits per heavy atom. The molecule has 4 amide bonds. The van der Waals surface area contributed by atoms with Gasteiger partial charge in [0.25, 0.3) is 5.91 Å². The number of carboxylic acid groups (broad SMARTS) is 1. The molecule has 3 N–H and O–H groups in total. The van der Waals surface area contributed by atoms with Crippen molar-refractivity contribution in [3.05, 3.63) is 36.5 Å². The summed E-state index contributed by atoms with van der Waals surface area (Å²) in [6.45, 7) is 6.87. The zero-order valence-corrected chi connectivity index (χ0v) is 35.1. The van der Waals surface area contributed by atoms with E-state index in [9.17, 15) is 27.9 Å². The number of hydrogen-bond donors (Lipinski definition) is 3. The van der Waals surface area contributed by atoms with E-state index in [4.69, 9.17) is 9.47 Å². The summed E-state index contributed by atoms with van der Waals surface area (Å²) in [7, 11) is -2.01. The number of nitrogens with zero attached hydrogens (tertiary/aromatic N) is 4. The molecule has 7 aliphatic rings. The third-order valence-electron chi connectivity index (χ3n) is 14.5. The Labute approximate surface area is 345 Å². The van der Waals surface area contributed by atoms with Crippen molar-refractivity contribution >= 4 is 50.3 Å². The predicted octanol–water partition coefficient (Wildman–Crippen LogP) is 4.44. The number of fused-ring (bicyclic) bond motifs is 6. The molecule has 0 bridgehead atoms. The molecule has 318 valence electrons. The number of nitrogens with one attached hydrogen (secondary N) is 2. The number of pyridine rings is 1. The predicted molar refractivity (Wildman–Crippen MR) is 218 cm³/mol. The van der Waals surface area contributed by atoms with Crippen molar-refractivity contribution in [2.75, 3.05) is 31.6 Å². The van der Waals surface area contributed by atoms with Gasteiger partial charge in [-0.05, 0) is 107 Å². The summed E-state index contributed by atoms with van der Waals surface area (Å²) < 4.78 is 40.6. The highest BCUT2D eigenvalue weighted by atomic mass is 32.2. The first-order chi connectivity index (χ1) is 28.1. The fraction of sp³-hybridized carbons (Fsp3) is 0.651. The second-order valence-corrected chi connectivity index (χ2v) is 21.1. The van der Waals surface area contributed by atoms with E-state index in [1.54, 1.807) is 13.1 Å². The van der Waals surface area contributed by atoms with Crippen LogP contribution in [0.2, 0.25) is 0 Å². The number of sulfonamides is 1. The van der Waals surface area contributed by atoms with Crippen LogP contribution in [0.5, 0.6) is 11.6 Å². The van der Waals surface area contributed by atoms with Crippen molar-refractivity contribution < 1.29 is 42.2 Å². The molecule has 15 nitrogen and oxygen atoms in total. The largest absolute Gasteiger partial charge is 0.489 e. The van der Waals surface area contributed by atoms with Crippen LogP contribution in [0.25, 0.3) is 10.8 Å². The molecule has 0 radical (unpaired) electrons. The Morgan fingerprint density at radius 2 is 1.83 bits per heavy atom. The van der Waals surface area contributed by atoms with E-state index in [1.165, 1.54) is 9.80 Å². The van der Waals surface area contributed by atoms with E-state index in [0.29, 0.717) is 68.2 Å². The third-order valence-corrected chi connectivity index (χ3v) is 16.7. The number of ether oxygens (including phenoxy) is 2. The standard InChI is InChI=1S/C43H56N6O9S/c1-24-7-5-6-8-28-22-43(28,40(52)46-59(55,56)42(3)12-13-42)45-37(50)34-21-30(58-38-32-9-10-33-36(31(32)11-14-44-38)57-16-15-47(33)4)23-48(34)39(51)35(25(2)17-24)49(41(53)54)29-19-26-18-27(26)20-29/h6,8-11,14,24-30,34-35H,5,7,12-13,15-23H2,1-4H3,(H,45,50)(H,46,52)(H,53,54)/b8-6-/t24-,25+,26-,27?,28+,29+,30+,34-,35-,43+/m0/s1. The molecule has 4 saturated carbocycles. The van der Waals surface area contributed by atoms with Crippen LogP contribution in [0.3, 0.4) is 0 Å². The summed E-state index contributed by atoms with van der Waals surface area (Å²) in [6.07, 6.45) is 9.24. The van der Waals surface area contributed by atoms with E-state index in [2.05, 4.69) is 26.8 Å². The van der Waals surface area contributed by atoms with Gasteiger partial charge in [-0.3, -0.25) is 24.0 Å². The van der Waals surface area contributed by atoms with Gasteiger partial charge < -0.3 is 29.7 Å². The number of anilines is 1. The molecule has 10 atom stereocenters. The van der Waals surface area contributed by atoms with Crippen LogP contribution in [0.1, 0.15) is 85.0 Å². The number of hydrogen-bond acceptors (Lipinski definition) is 10. The molecule has 5 fully saturated rings. The number of carbonyl (C=O) groups excluding carboxylic acids is 3. The van der Waals surface area contributed by atoms with Gasteiger partial charge in [0.05, 0.1) is 23.5 Å². The van der Waals surface area contributed by atoms with Crippen LogP contribution in [-0.4, -0.2) is 113 Å². The second-order valence-electron chi connectivity index (χ2n) is 18.9. The molecule has 4 aliphatic carbocycles. The number of amides is 4. The summed E-state index contributed by atoms with van der Waals surface area (Å²) in [6, 6.07) is 3.23. The van der Waals surface area contributed by atoms with Gasteiger partial charge in [-0.2, -0.15) is 0 Å². The highest BCUT2D eigenvalue weighted by molar-refractivity contribution is 7.91. The minimum absolute atomic E-state index is 0.0312. The lowest BCUT2D eigenvalue weighted by Gasteiger charge is -2.40. The molecule has 59 heavy (non-hydrogen) atoms. The number of carbonyl (C=O) groups is 4. The molecule has 1 aromatic carbocycles. The number of likely N-dealkylation sites (N-methyl/N-ethyl adjacent to an activating group) is 1. The van der Waals surface area contributed by atoms with Crippen molar-refractivity contribution in [1.82, 2.24) is 24.8 Å². The SMILES string of the molecule is C[C@H]1CC/C=C\[C@@H]2C[C@@]2(C(=O)NS(=O)(=O)C2(C)CC2)NC(=O)[C@@H]2C[C@@H](Oc3nccc4c5c(ccc34)N(C)CCO5)CN2C(=O)[C@@H](N(C(=O)O)[C@H]2CC3C[C@H]3C2)[C@H](C)C1. The second kappa shape index (κ2) is 14.5. The molecule has 1 unspecified atom stereocenters. The fourth-order valence-corrected chi connectivity index (χ4v) is 11.8. The zero-order chi connectivity index (χ0) is 41.6. The smallest absolute Gasteiger partial charge is 0.408 e. The first kappa shape index (κ1) is 39.8. The first-order valence-corrected chi connectivity index (χ1v) is 22.9. The van der Waals surface area contributed by atoms with Crippen LogP contribution in [0, 0.1) is 29.6 Å². The number of aromatic nitrogens is 1. The molecule has 2 aromatic rings. The Hall–Kier alpha value is -4.60. The van der Waals surface area contributed by atoms with Crippen LogP contribution < -0.4 is 24.4 Å². The maximum absolute atomic E-state index is 15.3. The van der Waals surface area contributed by atoms with E-state index < -0.39 is 68.2 Å². The average Bonchev–Trinajstić information content (AvgIpc) is 4.15. The molecule has 1 saturated heterocycles. The van der Waals surface area contributed by atoms with Crippen molar-refractivity contribution in [2.24, 2.45) is 29.6 Å². The van der Waals surface area contributed by atoms with Crippen molar-refractivity contribution in [3.63, 3.8) is 0 Å². The van der Waals surface area contributed by atoms with Gasteiger partial charge in [-0.1, -0.05) is 26.0 Å². The molecule has 0 spiro atoms. The lowest BCUT2D eigenvalue weighted by molar-refractivity contribution is -0.145. The van der Waals surface area contributed by atoms with Crippen LogP contribution in [-0.2, 0) is 24.4 Å². The van der Waals surface area contributed by atoms with Crippen LogP contribution in [0.4, 0.5) is 10.5 Å². The molecule has 4 heterocycles. The molecule has 9 rings (SSSR count). The monoisotopic (exact) mass is 832 g/mol. The van der Waals surface area contributed by atoms with Gasteiger partial charge in [0, 0.05) is 42.4 Å². The maximum Gasteiger partial charge on any atom is 0.408 e. The number of rotatable bonds is 7. The first-order valence-electron chi connectivity index (χ1n) is 21.4. The molecular weight excluding hydrogens is 777 g/mol. The normalized spacial score (nSPS) is 35.4. The highest BCUT2D eigenvalue weighted by Gasteiger charge is 2.63. The minimum Gasteiger partial charge on any atom is -0.489 e. The summed E-state index contributed by atoms with van der Waals surface area (Å²) in [5.41, 5.74) is -0.600. The lowest BCUT2D eigenvalue weighted by Crippen LogP contribution is -2.61. The summed E-state index contributed by atoms with van der Waals surface area (Å²) in [5, 5.41) is 15.3. The Morgan fingerprint density at radius 3 is 2.56 bits per heavy atom. The molecule has 16 heteroatoms. The minimum atomic E-state index is -4.01. The lowest BCUT2D eigenvalue weighted by atomic mass is 9.86. The summed E-state index contributed by atoms with van der Waals surface area (Å²) >= 11 is 0. The maximum atomic E-state index is 15.3. The third kappa shape index (κ3) is 7.16. The van der Waals surface area contributed by atoms with Gasteiger partial charge in [-0.15, -0.1) is 0 Å². The van der Waals surface area contributed by atoms with E-state index >= 15 is 4.79 Å². The molecule has 3 aliphatic heterocycles. The van der Waals surface area contributed by atoms with Crippen LogP contribution >= 0.6 is 0 Å². The van der Waals surface area contributed by atoms with Crippen molar-refractivity contribution in [1.29, 1.82) is 0 Å².